The number of rotatable bonds is 3. The number of nitriles is 2. The molecule has 2 aliphatic carbocycles. The minimum absolute atomic E-state index is 0.260. The molecule has 4 aromatic rings. The fraction of sp³-hybridized carbons (Fsp3) is 0.333. The lowest BCUT2D eigenvalue weighted by Crippen LogP contribution is -2.15. The predicted octanol–water partition coefficient (Wildman–Crippen LogP) is 6.19. The maximum atomic E-state index is 9.51. The molecule has 166 valence electrons. The van der Waals surface area contributed by atoms with Gasteiger partial charge in [0.25, 0.3) is 0 Å². The van der Waals surface area contributed by atoms with Crippen LogP contribution in [0.2, 0.25) is 0 Å². The van der Waals surface area contributed by atoms with Crippen LogP contribution < -0.4 is 4.74 Å². The highest BCUT2D eigenvalue weighted by molar-refractivity contribution is 5.88. The number of hydrogen-bond donors (Lipinski definition) is 1. The summed E-state index contributed by atoms with van der Waals surface area (Å²) in [5, 5.41) is 29.7. The molecule has 6 rings (SSSR count). The van der Waals surface area contributed by atoms with Crippen molar-refractivity contribution >= 4 is 21.8 Å². The largest absolute Gasteiger partial charge is 0.508 e. The standard InChI is InChI=1S/C14H14N2O.C13H12N2O/c1-17-12-5-6-13-10(8-15)9-16(14(13)7-12)11-3-2-4-11;14-7-9-8-15(10-2-1-3-10)13-6-11(16)4-5-12(9)13/h5-7,9,11H,2-4H2,1H3;4-6,8,10,16H,1-3H2. The molecular formula is C27H26N4O2. The summed E-state index contributed by atoms with van der Waals surface area (Å²) in [6.07, 6.45) is 11.2. The number of phenols is 1. The molecule has 2 fully saturated rings. The van der Waals surface area contributed by atoms with Crippen LogP contribution in [0.1, 0.15) is 61.7 Å². The predicted molar refractivity (Wildman–Crippen MR) is 127 cm³/mol. The van der Waals surface area contributed by atoms with E-state index in [2.05, 4.69) is 21.3 Å². The van der Waals surface area contributed by atoms with E-state index in [0.29, 0.717) is 17.6 Å². The van der Waals surface area contributed by atoms with Gasteiger partial charge in [-0.1, -0.05) is 0 Å². The van der Waals surface area contributed by atoms with Gasteiger partial charge in [-0.3, -0.25) is 0 Å². The van der Waals surface area contributed by atoms with E-state index in [1.165, 1.54) is 38.5 Å². The Labute approximate surface area is 192 Å². The third-order valence-electron chi connectivity index (χ3n) is 7.04. The lowest BCUT2D eigenvalue weighted by Gasteiger charge is -2.28. The molecule has 0 spiro atoms. The summed E-state index contributed by atoms with van der Waals surface area (Å²) in [4.78, 5) is 0. The Hall–Kier alpha value is -3.90. The van der Waals surface area contributed by atoms with Crippen LogP contribution in [-0.4, -0.2) is 21.4 Å². The van der Waals surface area contributed by atoms with Crippen molar-refractivity contribution in [3.8, 4) is 23.6 Å². The quantitative estimate of drug-likeness (QED) is 0.413. The highest BCUT2D eigenvalue weighted by Crippen LogP contribution is 2.38. The number of nitrogens with zero attached hydrogens (tertiary/aromatic N) is 4. The summed E-state index contributed by atoms with van der Waals surface area (Å²) >= 11 is 0. The summed E-state index contributed by atoms with van der Waals surface area (Å²) in [5.41, 5.74) is 3.54. The van der Waals surface area contributed by atoms with Crippen LogP contribution in [0.25, 0.3) is 21.8 Å². The second-order valence-corrected chi connectivity index (χ2v) is 8.88. The Morgan fingerprint density at radius 1 is 0.818 bits per heavy atom. The Morgan fingerprint density at radius 2 is 1.33 bits per heavy atom. The monoisotopic (exact) mass is 438 g/mol. The molecule has 0 bridgehead atoms. The van der Waals surface area contributed by atoms with Crippen LogP contribution >= 0.6 is 0 Å². The number of methoxy groups -OCH3 is 1. The van der Waals surface area contributed by atoms with Gasteiger partial charge in [-0.15, -0.1) is 0 Å². The van der Waals surface area contributed by atoms with Crippen LogP contribution in [0.5, 0.6) is 11.5 Å². The smallest absolute Gasteiger partial charge is 0.120 e. The molecule has 0 aliphatic heterocycles. The molecule has 6 nitrogen and oxygen atoms in total. The van der Waals surface area contributed by atoms with Crippen LogP contribution in [0, 0.1) is 22.7 Å². The van der Waals surface area contributed by atoms with E-state index in [0.717, 1.165) is 33.1 Å². The summed E-state index contributed by atoms with van der Waals surface area (Å²) in [5.74, 6) is 1.11. The zero-order valence-corrected chi connectivity index (χ0v) is 18.7. The van der Waals surface area contributed by atoms with Gasteiger partial charge in [-0.2, -0.15) is 10.5 Å². The molecule has 0 amide bonds. The van der Waals surface area contributed by atoms with Gasteiger partial charge in [0.2, 0.25) is 0 Å². The van der Waals surface area contributed by atoms with Crippen molar-refractivity contribution in [1.82, 2.24) is 9.13 Å². The van der Waals surface area contributed by atoms with Gasteiger partial charge >= 0.3 is 0 Å². The maximum Gasteiger partial charge on any atom is 0.120 e. The van der Waals surface area contributed by atoms with Crippen LogP contribution in [0.15, 0.2) is 48.8 Å². The van der Waals surface area contributed by atoms with Crippen molar-refractivity contribution in [1.29, 1.82) is 10.5 Å². The van der Waals surface area contributed by atoms with Crippen molar-refractivity contribution in [2.75, 3.05) is 7.11 Å². The van der Waals surface area contributed by atoms with Crippen molar-refractivity contribution in [2.45, 2.75) is 50.6 Å². The van der Waals surface area contributed by atoms with Crippen molar-refractivity contribution in [3.05, 3.63) is 59.9 Å². The highest BCUT2D eigenvalue weighted by Gasteiger charge is 2.23. The number of benzene rings is 2. The first-order valence-electron chi connectivity index (χ1n) is 11.4. The average Bonchev–Trinajstić information content (AvgIpc) is 3.29. The minimum Gasteiger partial charge on any atom is -0.508 e. The second kappa shape index (κ2) is 8.56. The molecule has 0 radical (unpaired) electrons. The molecule has 0 unspecified atom stereocenters. The Kier molecular flexibility index (Phi) is 5.44. The van der Waals surface area contributed by atoms with E-state index in [1.54, 1.807) is 19.2 Å². The maximum absolute atomic E-state index is 9.51. The summed E-state index contributed by atoms with van der Waals surface area (Å²) < 4.78 is 9.63. The lowest BCUT2D eigenvalue weighted by molar-refractivity contribution is 0.321. The Morgan fingerprint density at radius 3 is 1.79 bits per heavy atom. The van der Waals surface area contributed by atoms with E-state index in [1.807, 2.05) is 36.7 Å². The van der Waals surface area contributed by atoms with Crippen LogP contribution in [0.3, 0.4) is 0 Å². The summed E-state index contributed by atoms with van der Waals surface area (Å²) in [7, 11) is 1.67. The van der Waals surface area contributed by atoms with Crippen molar-refractivity contribution in [2.24, 2.45) is 0 Å². The average molecular weight is 439 g/mol. The topological polar surface area (TPSA) is 86.9 Å². The van der Waals surface area contributed by atoms with Gasteiger partial charge in [0, 0.05) is 47.4 Å². The van der Waals surface area contributed by atoms with Crippen molar-refractivity contribution < 1.29 is 9.84 Å². The first-order chi connectivity index (χ1) is 16.1. The molecule has 1 N–H and O–H groups in total. The third-order valence-corrected chi connectivity index (χ3v) is 7.04. The molecule has 0 atom stereocenters. The highest BCUT2D eigenvalue weighted by atomic mass is 16.5. The van der Waals surface area contributed by atoms with Gasteiger partial charge in [0.05, 0.1) is 29.3 Å². The number of aromatic hydroxyl groups is 1. The molecule has 2 aliphatic rings. The molecule has 2 saturated carbocycles. The van der Waals surface area contributed by atoms with Gasteiger partial charge < -0.3 is 19.0 Å². The van der Waals surface area contributed by atoms with Crippen LogP contribution in [0.4, 0.5) is 0 Å². The zero-order chi connectivity index (χ0) is 22.9. The SMILES string of the molecule is COc1ccc2c(C#N)cn(C3CCC3)c2c1.N#Cc1cn(C2CCC2)c2cc(O)ccc12. The number of hydrogen-bond acceptors (Lipinski definition) is 4. The second-order valence-electron chi connectivity index (χ2n) is 8.88. The molecule has 33 heavy (non-hydrogen) atoms. The number of phenolic OH excluding ortho intramolecular Hbond substituents is 1. The molecule has 0 saturated heterocycles. The van der Waals surface area contributed by atoms with E-state index >= 15 is 0 Å². The number of aromatic nitrogens is 2. The van der Waals surface area contributed by atoms with Gasteiger partial charge in [0.1, 0.15) is 23.6 Å². The van der Waals surface area contributed by atoms with Gasteiger partial charge in [0.15, 0.2) is 0 Å². The molecular weight excluding hydrogens is 412 g/mol. The summed E-state index contributed by atoms with van der Waals surface area (Å²) in [6, 6.07) is 16.7. The fourth-order valence-corrected chi connectivity index (χ4v) is 4.71. The molecule has 6 heteroatoms. The van der Waals surface area contributed by atoms with Gasteiger partial charge in [-0.25, -0.2) is 0 Å². The molecule has 2 heterocycles. The molecule has 2 aromatic carbocycles. The Balaban J connectivity index is 0.000000139. The van der Waals surface area contributed by atoms with Crippen LogP contribution in [-0.2, 0) is 0 Å². The normalized spacial score (nSPS) is 15.7. The first-order valence-corrected chi connectivity index (χ1v) is 11.4. The minimum atomic E-state index is 0.260. The fourth-order valence-electron chi connectivity index (χ4n) is 4.71. The lowest BCUT2D eigenvalue weighted by atomic mass is 9.93. The van der Waals surface area contributed by atoms with E-state index in [4.69, 9.17) is 15.3 Å². The van der Waals surface area contributed by atoms with E-state index < -0.39 is 0 Å². The van der Waals surface area contributed by atoms with Gasteiger partial charge in [-0.05, 0) is 62.8 Å². The first kappa shape index (κ1) is 21.0. The van der Waals surface area contributed by atoms with E-state index in [9.17, 15) is 5.11 Å². The summed E-state index contributed by atoms with van der Waals surface area (Å²) in [6.45, 7) is 0. The number of ether oxygens (including phenoxy) is 1. The Bertz CT molecular complexity index is 1410. The van der Waals surface area contributed by atoms with Crippen molar-refractivity contribution in [3.63, 3.8) is 0 Å². The molecule has 2 aromatic heterocycles. The number of fused-ring (bicyclic) bond motifs is 2. The third kappa shape index (κ3) is 3.68. The van der Waals surface area contributed by atoms with E-state index in [-0.39, 0.29) is 5.75 Å². The zero-order valence-electron chi connectivity index (χ0n) is 18.7.